The Kier molecular flexibility index (Phi) is 5.06. The van der Waals surface area contributed by atoms with Gasteiger partial charge < -0.3 is 10.0 Å². The topological polar surface area (TPSA) is 102 Å². The fraction of sp³-hybridized carbons (Fsp3) is 0.692. The summed E-state index contributed by atoms with van der Waals surface area (Å²) in [6, 6.07) is 0. The van der Waals surface area contributed by atoms with Gasteiger partial charge >= 0.3 is 5.69 Å². The highest BCUT2D eigenvalue weighted by Gasteiger charge is 2.25. The molecule has 0 aromatic carbocycles. The molecule has 0 unspecified atom stereocenters. The van der Waals surface area contributed by atoms with E-state index < -0.39 is 10.5 Å². The van der Waals surface area contributed by atoms with Crippen molar-refractivity contribution in [3.63, 3.8) is 0 Å². The summed E-state index contributed by atoms with van der Waals surface area (Å²) >= 11 is 0. The van der Waals surface area contributed by atoms with Gasteiger partial charge in [-0.25, -0.2) is 0 Å². The van der Waals surface area contributed by atoms with Gasteiger partial charge in [0.25, 0.3) is 0 Å². The summed E-state index contributed by atoms with van der Waals surface area (Å²) in [5, 5.41) is 24.8. The number of hydrogen-bond acceptors (Lipinski definition) is 5. The normalized spacial score (nSPS) is 11.5. The summed E-state index contributed by atoms with van der Waals surface area (Å²) in [6.07, 6.45) is 0. The molecule has 118 valence electrons. The molecule has 0 atom stereocenters. The van der Waals surface area contributed by atoms with E-state index in [9.17, 15) is 20.0 Å². The average Bonchev–Trinajstić information content (AvgIpc) is 2.60. The van der Waals surface area contributed by atoms with Crippen molar-refractivity contribution in [2.24, 2.45) is 0 Å². The molecule has 1 rings (SSSR count). The molecule has 0 saturated heterocycles. The molecule has 1 N–H and O–H groups in total. The second-order valence-corrected chi connectivity index (χ2v) is 5.65. The molecule has 0 aliphatic heterocycles. The van der Waals surface area contributed by atoms with Gasteiger partial charge in [-0.05, 0) is 34.6 Å². The Morgan fingerprint density at radius 1 is 1.48 bits per heavy atom. The van der Waals surface area contributed by atoms with Crippen LogP contribution in [0.2, 0.25) is 0 Å². The Bertz CT molecular complexity index is 545. The summed E-state index contributed by atoms with van der Waals surface area (Å²) < 4.78 is 1.34. The number of nitro groups is 1. The number of carbonyl (C=O) groups is 1. The number of aryl methyl sites for hydroxylation is 1. The molecule has 8 heteroatoms. The number of amides is 1. The van der Waals surface area contributed by atoms with Crippen LogP contribution in [0.3, 0.4) is 0 Å². The van der Waals surface area contributed by atoms with E-state index in [-0.39, 0.29) is 30.4 Å². The standard InChI is InChI=1S/C13H22N4O4/c1-6-15(8-13(4,5)19)11(18)7-16-10(3)12(17(20)21)9(2)14-16/h19H,6-8H2,1-5H3. The van der Waals surface area contributed by atoms with Crippen molar-refractivity contribution in [1.82, 2.24) is 14.7 Å². The van der Waals surface area contributed by atoms with Crippen molar-refractivity contribution in [1.29, 1.82) is 0 Å². The maximum Gasteiger partial charge on any atom is 0.312 e. The molecule has 1 aromatic heterocycles. The van der Waals surface area contributed by atoms with E-state index in [4.69, 9.17) is 0 Å². The predicted octanol–water partition coefficient (Wildman–Crippen LogP) is 1.03. The third-order valence-corrected chi connectivity index (χ3v) is 3.12. The number of aromatic nitrogens is 2. The van der Waals surface area contributed by atoms with Gasteiger partial charge in [0, 0.05) is 13.1 Å². The maximum absolute atomic E-state index is 12.2. The number of rotatable bonds is 6. The summed E-state index contributed by atoms with van der Waals surface area (Å²) in [5.41, 5.74) is -0.415. The quantitative estimate of drug-likeness (QED) is 0.624. The minimum atomic E-state index is -0.993. The van der Waals surface area contributed by atoms with Crippen LogP contribution in [0.15, 0.2) is 0 Å². The monoisotopic (exact) mass is 298 g/mol. The molecule has 1 amide bonds. The van der Waals surface area contributed by atoms with E-state index in [1.54, 1.807) is 27.7 Å². The fourth-order valence-corrected chi connectivity index (χ4v) is 2.18. The summed E-state index contributed by atoms with van der Waals surface area (Å²) in [4.78, 5) is 24.2. The molecule has 0 spiro atoms. The first kappa shape index (κ1) is 17.1. The number of carbonyl (C=O) groups excluding carboxylic acids is 1. The molecule has 21 heavy (non-hydrogen) atoms. The van der Waals surface area contributed by atoms with Gasteiger partial charge in [-0.15, -0.1) is 0 Å². The van der Waals surface area contributed by atoms with E-state index in [2.05, 4.69) is 5.10 Å². The van der Waals surface area contributed by atoms with Crippen LogP contribution in [0.5, 0.6) is 0 Å². The van der Waals surface area contributed by atoms with Crippen molar-refractivity contribution < 1.29 is 14.8 Å². The lowest BCUT2D eigenvalue weighted by Gasteiger charge is -2.28. The van der Waals surface area contributed by atoms with Gasteiger partial charge in [0.2, 0.25) is 5.91 Å². The first-order valence-corrected chi connectivity index (χ1v) is 6.75. The van der Waals surface area contributed by atoms with E-state index in [1.807, 2.05) is 6.92 Å². The van der Waals surface area contributed by atoms with Gasteiger partial charge in [-0.2, -0.15) is 5.10 Å². The smallest absolute Gasteiger partial charge is 0.312 e. The molecule has 1 aromatic rings. The maximum atomic E-state index is 12.2. The summed E-state index contributed by atoms with van der Waals surface area (Å²) in [7, 11) is 0. The van der Waals surface area contributed by atoms with Gasteiger partial charge in [0.05, 0.1) is 10.5 Å². The Morgan fingerprint density at radius 2 is 2.05 bits per heavy atom. The van der Waals surface area contributed by atoms with Gasteiger partial charge in [0.15, 0.2) is 0 Å². The number of aliphatic hydroxyl groups is 1. The zero-order valence-electron chi connectivity index (χ0n) is 13.1. The Hall–Kier alpha value is -1.96. The SMILES string of the molecule is CCN(CC(C)(C)O)C(=O)Cn1nc(C)c([N+](=O)[O-])c1C. The predicted molar refractivity (Wildman–Crippen MR) is 76.9 cm³/mol. The second kappa shape index (κ2) is 6.21. The molecule has 1 heterocycles. The highest BCUT2D eigenvalue weighted by atomic mass is 16.6. The average molecular weight is 298 g/mol. The largest absolute Gasteiger partial charge is 0.389 e. The molecule has 0 aliphatic rings. The Balaban J connectivity index is 2.93. The lowest BCUT2D eigenvalue weighted by Crippen LogP contribution is -2.43. The van der Waals surface area contributed by atoms with E-state index >= 15 is 0 Å². The Labute approximate surface area is 123 Å². The lowest BCUT2D eigenvalue weighted by atomic mass is 10.1. The first-order chi connectivity index (χ1) is 9.56. The highest BCUT2D eigenvalue weighted by Crippen LogP contribution is 2.21. The molecule has 0 fully saturated rings. The third kappa shape index (κ3) is 4.25. The number of hydrogen-bond donors (Lipinski definition) is 1. The summed E-state index contributed by atoms with van der Waals surface area (Å²) in [6.45, 7) is 8.73. The van der Waals surface area contributed by atoms with Gasteiger partial charge in [-0.3, -0.25) is 19.6 Å². The van der Waals surface area contributed by atoms with Crippen LogP contribution in [-0.4, -0.2) is 49.3 Å². The van der Waals surface area contributed by atoms with Crippen LogP contribution in [0, 0.1) is 24.0 Å². The number of nitrogens with zero attached hydrogens (tertiary/aromatic N) is 4. The highest BCUT2D eigenvalue weighted by molar-refractivity contribution is 5.76. The van der Waals surface area contributed by atoms with Crippen LogP contribution in [0.1, 0.15) is 32.2 Å². The molecule has 0 bridgehead atoms. The van der Waals surface area contributed by atoms with Crippen LogP contribution < -0.4 is 0 Å². The van der Waals surface area contributed by atoms with Gasteiger partial charge in [0.1, 0.15) is 17.9 Å². The lowest BCUT2D eigenvalue weighted by molar-refractivity contribution is -0.386. The van der Waals surface area contributed by atoms with Crippen molar-refractivity contribution >= 4 is 11.6 Å². The van der Waals surface area contributed by atoms with Crippen LogP contribution in [0.4, 0.5) is 5.69 Å². The van der Waals surface area contributed by atoms with Crippen LogP contribution in [-0.2, 0) is 11.3 Å². The molecule has 0 aliphatic carbocycles. The van der Waals surface area contributed by atoms with E-state index in [0.717, 1.165) is 0 Å². The molecule has 0 radical (unpaired) electrons. The molecular weight excluding hydrogens is 276 g/mol. The Morgan fingerprint density at radius 3 is 2.43 bits per heavy atom. The van der Waals surface area contributed by atoms with E-state index in [0.29, 0.717) is 12.2 Å². The minimum Gasteiger partial charge on any atom is -0.389 e. The van der Waals surface area contributed by atoms with E-state index in [1.165, 1.54) is 9.58 Å². The molecular formula is C13H22N4O4. The summed E-state index contributed by atoms with van der Waals surface area (Å²) in [5.74, 6) is -0.236. The van der Waals surface area contributed by atoms with Crippen LogP contribution in [0.25, 0.3) is 0 Å². The van der Waals surface area contributed by atoms with Gasteiger partial charge in [-0.1, -0.05) is 0 Å². The third-order valence-electron chi connectivity index (χ3n) is 3.12. The minimum absolute atomic E-state index is 0.0617. The zero-order chi connectivity index (χ0) is 16.4. The van der Waals surface area contributed by atoms with Crippen molar-refractivity contribution in [3.8, 4) is 0 Å². The molecule has 0 saturated carbocycles. The molecule has 8 nitrogen and oxygen atoms in total. The van der Waals surface area contributed by atoms with Crippen molar-refractivity contribution in [3.05, 3.63) is 21.5 Å². The fourth-order valence-electron chi connectivity index (χ4n) is 2.18. The van der Waals surface area contributed by atoms with Crippen molar-refractivity contribution in [2.45, 2.75) is 46.8 Å². The first-order valence-electron chi connectivity index (χ1n) is 6.75. The van der Waals surface area contributed by atoms with Crippen molar-refractivity contribution in [2.75, 3.05) is 13.1 Å². The van der Waals surface area contributed by atoms with Crippen LogP contribution >= 0.6 is 0 Å². The zero-order valence-corrected chi connectivity index (χ0v) is 13.1. The second-order valence-electron chi connectivity index (χ2n) is 5.65. The number of likely N-dealkylation sites (N-methyl/N-ethyl adjacent to an activating group) is 1.